The fourth-order valence-electron chi connectivity index (χ4n) is 1.62. The van der Waals surface area contributed by atoms with Crippen LogP contribution in [0.25, 0.3) is 16.8 Å². The summed E-state index contributed by atoms with van der Waals surface area (Å²) in [6, 6.07) is 14.3. The van der Waals surface area contributed by atoms with Gasteiger partial charge >= 0.3 is 5.97 Å². The van der Waals surface area contributed by atoms with Gasteiger partial charge in [-0.05, 0) is 22.4 Å². The molecule has 0 aliphatic heterocycles. The van der Waals surface area contributed by atoms with Gasteiger partial charge in [-0.15, -0.1) is 0 Å². The summed E-state index contributed by atoms with van der Waals surface area (Å²) in [7, 11) is 0. The van der Waals surface area contributed by atoms with E-state index >= 15 is 0 Å². The summed E-state index contributed by atoms with van der Waals surface area (Å²) in [6.07, 6.45) is 6.22. The van der Waals surface area contributed by atoms with E-state index in [2.05, 4.69) is 24.3 Å². The standard InChI is InChI=1S/C15H12O2/c16-15(17)8-4-1-5-12-9-10-13-6-2-3-7-14(13)11-12/h1-11H,(H,16,17)/b5-1+,8-4+. The number of allylic oxidation sites excluding steroid dienone is 2. The lowest BCUT2D eigenvalue weighted by Crippen LogP contribution is -1.84. The number of aliphatic carboxylic acids is 1. The van der Waals surface area contributed by atoms with Crippen molar-refractivity contribution in [2.75, 3.05) is 0 Å². The van der Waals surface area contributed by atoms with E-state index < -0.39 is 5.97 Å². The molecular formula is C15H12O2. The molecule has 0 saturated carbocycles. The largest absolute Gasteiger partial charge is 0.478 e. The van der Waals surface area contributed by atoms with E-state index in [9.17, 15) is 4.79 Å². The summed E-state index contributed by atoms with van der Waals surface area (Å²) in [4.78, 5) is 10.3. The third-order valence-corrected chi connectivity index (χ3v) is 2.41. The molecule has 0 aliphatic rings. The van der Waals surface area contributed by atoms with Crippen LogP contribution >= 0.6 is 0 Å². The molecule has 2 heteroatoms. The molecule has 0 unspecified atom stereocenters. The van der Waals surface area contributed by atoms with Crippen molar-refractivity contribution in [3.05, 3.63) is 66.3 Å². The monoisotopic (exact) mass is 224 g/mol. The van der Waals surface area contributed by atoms with Crippen LogP contribution in [0, 0.1) is 0 Å². The third kappa shape index (κ3) is 3.05. The number of carboxylic acids is 1. The first-order valence-corrected chi connectivity index (χ1v) is 5.32. The van der Waals surface area contributed by atoms with Crippen molar-refractivity contribution in [1.29, 1.82) is 0 Å². The molecule has 2 aromatic carbocycles. The predicted octanol–water partition coefficient (Wildman–Crippen LogP) is 3.49. The maximum atomic E-state index is 10.3. The van der Waals surface area contributed by atoms with Gasteiger partial charge in [0.05, 0.1) is 0 Å². The maximum absolute atomic E-state index is 10.3. The fraction of sp³-hybridized carbons (Fsp3) is 0. The Bertz CT molecular complexity index is 595. The SMILES string of the molecule is O=C(O)/C=C/C=C/c1ccc2ccccc2c1. The molecule has 0 amide bonds. The average Bonchev–Trinajstić information content (AvgIpc) is 2.34. The molecule has 84 valence electrons. The van der Waals surface area contributed by atoms with E-state index in [4.69, 9.17) is 5.11 Å². The first kappa shape index (κ1) is 11.1. The molecule has 2 rings (SSSR count). The Morgan fingerprint density at radius 1 is 1.00 bits per heavy atom. The van der Waals surface area contributed by atoms with Gasteiger partial charge in [0.1, 0.15) is 0 Å². The van der Waals surface area contributed by atoms with E-state index in [1.54, 1.807) is 6.08 Å². The number of benzene rings is 2. The highest BCUT2D eigenvalue weighted by Crippen LogP contribution is 2.16. The Balaban J connectivity index is 2.22. The number of hydrogen-bond donors (Lipinski definition) is 1. The fourth-order valence-corrected chi connectivity index (χ4v) is 1.62. The molecule has 0 bridgehead atoms. The van der Waals surface area contributed by atoms with E-state index in [1.165, 1.54) is 16.8 Å². The van der Waals surface area contributed by atoms with Gasteiger partial charge in [0.15, 0.2) is 0 Å². The third-order valence-electron chi connectivity index (χ3n) is 2.41. The minimum absolute atomic E-state index is 0.937. The zero-order valence-electron chi connectivity index (χ0n) is 9.21. The van der Waals surface area contributed by atoms with Crippen LogP contribution in [-0.2, 0) is 4.79 Å². The second kappa shape index (κ2) is 5.12. The lowest BCUT2D eigenvalue weighted by molar-refractivity contribution is -0.131. The summed E-state index contributed by atoms with van der Waals surface area (Å²) in [5.41, 5.74) is 1.05. The molecule has 0 atom stereocenters. The number of carbonyl (C=O) groups is 1. The summed E-state index contributed by atoms with van der Waals surface area (Å²) >= 11 is 0. The quantitative estimate of drug-likeness (QED) is 0.640. The normalized spacial score (nSPS) is 11.5. The molecule has 0 spiro atoms. The van der Waals surface area contributed by atoms with E-state index in [-0.39, 0.29) is 0 Å². The Morgan fingerprint density at radius 3 is 2.53 bits per heavy atom. The number of carboxylic acid groups (broad SMARTS) is 1. The highest BCUT2D eigenvalue weighted by atomic mass is 16.4. The van der Waals surface area contributed by atoms with Gasteiger partial charge in [0, 0.05) is 6.08 Å². The summed E-state index contributed by atoms with van der Waals surface area (Å²) < 4.78 is 0. The van der Waals surface area contributed by atoms with Gasteiger partial charge < -0.3 is 5.11 Å². The van der Waals surface area contributed by atoms with Crippen molar-refractivity contribution in [1.82, 2.24) is 0 Å². The lowest BCUT2D eigenvalue weighted by atomic mass is 10.1. The summed E-state index contributed by atoms with van der Waals surface area (Å²) in [5, 5.41) is 10.8. The molecule has 0 heterocycles. The summed E-state index contributed by atoms with van der Waals surface area (Å²) in [5.74, 6) is -0.937. The first-order valence-electron chi connectivity index (χ1n) is 5.32. The number of fused-ring (bicyclic) bond motifs is 1. The van der Waals surface area contributed by atoms with Gasteiger partial charge in [-0.2, -0.15) is 0 Å². The molecule has 0 radical (unpaired) electrons. The van der Waals surface area contributed by atoms with Gasteiger partial charge in [-0.1, -0.05) is 54.6 Å². The van der Waals surface area contributed by atoms with Gasteiger partial charge in [0.25, 0.3) is 0 Å². The zero-order chi connectivity index (χ0) is 12.1. The Kier molecular flexibility index (Phi) is 3.36. The van der Waals surface area contributed by atoms with Crippen molar-refractivity contribution >= 4 is 22.8 Å². The second-order valence-corrected chi connectivity index (χ2v) is 3.66. The summed E-state index contributed by atoms with van der Waals surface area (Å²) in [6.45, 7) is 0. The van der Waals surface area contributed by atoms with Crippen LogP contribution in [0.15, 0.2) is 60.7 Å². The van der Waals surface area contributed by atoms with Crippen LogP contribution in [0.5, 0.6) is 0 Å². The number of rotatable bonds is 3. The van der Waals surface area contributed by atoms with E-state index in [0.29, 0.717) is 0 Å². The smallest absolute Gasteiger partial charge is 0.328 e. The lowest BCUT2D eigenvalue weighted by Gasteiger charge is -1.98. The van der Waals surface area contributed by atoms with Crippen LogP contribution in [0.3, 0.4) is 0 Å². The van der Waals surface area contributed by atoms with Crippen LogP contribution < -0.4 is 0 Å². The molecule has 17 heavy (non-hydrogen) atoms. The second-order valence-electron chi connectivity index (χ2n) is 3.66. The van der Waals surface area contributed by atoms with Crippen LogP contribution in [0.1, 0.15) is 5.56 Å². The van der Waals surface area contributed by atoms with Crippen molar-refractivity contribution in [3.63, 3.8) is 0 Å². The molecule has 1 N–H and O–H groups in total. The molecule has 0 aromatic heterocycles. The predicted molar refractivity (Wildman–Crippen MR) is 69.8 cm³/mol. The van der Waals surface area contributed by atoms with Gasteiger partial charge in [0.2, 0.25) is 0 Å². The van der Waals surface area contributed by atoms with Crippen molar-refractivity contribution in [3.8, 4) is 0 Å². The maximum Gasteiger partial charge on any atom is 0.328 e. The van der Waals surface area contributed by atoms with Crippen molar-refractivity contribution < 1.29 is 9.90 Å². The van der Waals surface area contributed by atoms with Crippen molar-refractivity contribution in [2.24, 2.45) is 0 Å². The van der Waals surface area contributed by atoms with Crippen LogP contribution in [-0.4, -0.2) is 11.1 Å². The minimum atomic E-state index is -0.937. The Labute approximate surface area is 99.5 Å². The molecule has 2 nitrogen and oxygen atoms in total. The van der Waals surface area contributed by atoms with Crippen molar-refractivity contribution in [2.45, 2.75) is 0 Å². The molecule has 0 fully saturated rings. The zero-order valence-corrected chi connectivity index (χ0v) is 9.21. The molecule has 0 saturated heterocycles. The Morgan fingerprint density at radius 2 is 1.76 bits per heavy atom. The highest BCUT2D eigenvalue weighted by molar-refractivity contribution is 5.85. The molecular weight excluding hydrogens is 212 g/mol. The average molecular weight is 224 g/mol. The van der Waals surface area contributed by atoms with Gasteiger partial charge in [-0.3, -0.25) is 0 Å². The molecule has 2 aromatic rings. The van der Waals surface area contributed by atoms with E-state index in [1.807, 2.05) is 24.3 Å². The number of hydrogen-bond acceptors (Lipinski definition) is 1. The molecule has 0 aliphatic carbocycles. The topological polar surface area (TPSA) is 37.3 Å². The Hall–Kier alpha value is -2.35. The van der Waals surface area contributed by atoms with Crippen LogP contribution in [0.4, 0.5) is 0 Å². The highest BCUT2D eigenvalue weighted by Gasteiger charge is 1.92. The minimum Gasteiger partial charge on any atom is -0.478 e. The van der Waals surface area contributed by atoms with Gasteiger partial charge in [-0.25, -0.2) is 4.79 Å². The first-order chi connectivity index (χ1) is 8.25. The van der Waals surface area contributed by atoms with E-state index in [0.717, 1.165) is 11.6 Å². The van der Waals surface area contributed by atoms with Crippen LogP contribution in [0.2, 0.25) is 0 Å².